The van der Waals surface area contributed by atoms with Crippen LogP contribution in [-0.2, 0) is 9.59 Å². The highest BCUT2D eigenvalue weighted by Crippen LogP contribution is 2.17. The van der Waals surface area contributed by atoms with Gasteiger partial charge in [-0.15, -0.1) is 0 Å². The van der Waals surface area contributed by atoms with Crippen LogP contribution >= 0.6 is 0 Å². The Morgan fingerprint density at radius 1 is 0.605 bits per heavy atom. The van der Waals surface area contributed by atoms with Crippen LogP contribution in [0.25, 0.3) is 0 Å². The van der Waals surface area contributed by atoms with Gasteiger partial charge in [0.15, 0.2) is 0 Å². The number of Topliss-reactive ketones (excluding diaryl/α,β-unsaturated/α-hetero) is 1. The smallest absolute Gasteiger partial charge is 0.133 e. The van der Waals surface area contributed by atoms with Crippen LogP contribution in [-0.4, -0.2) is 55.1 Å². The van der Waals surface area contributed by atoms with Gasteiger partial charge in [0.05, 0.1) is 21.1 Å². The lowest BCUT2D eigenvalue weighted by Gasteiger charge is -2.31. The molecule has 0 aliphatic heterocycles. The van der Waals surface area contributed by atoms with E-state index in [0.717, 1.165) is 19.3 Å². The third-order valence-electron chi connectivity index (χ3n) is 7.76. The number of ketones is 1. The second-order valence-electron chi connectivity index (χ2n) is 12.9. The van der Waals surface area contributed by atoms with Gasteiger partial charge in [-0.05, 0) is 6.42 Å². The summed E-state index contributed by atoms with van der Waals surface area (Å²) in [5.74, 6) is -2.51. The number of quaternary nitrogens is 1. The summed E-state index contributed by atoms with van der Waals surface area (Å²) in [5.41, 5.74) is 0. The van der Waals surface area contributed by atoms with E-state index in [1.807, 2.05) is 21.1 Å². The molecule has 0 heterocycles. The topological polar surface area (TPSA) is 77.4 Å². The Balaban J connectivity index is 3.45. The number of nitrogens with zero attached hydrogens (tertiary/aromatic N) is 1. The van der Waals surface area contributed by atoms with Gasteiger partial charge in [-0.1, -0.05) is 142 Å². The molecule has 0 aliphatic rings. The van der Waals surface area contributed by atoms with Crippen LogP contribution in [0.2, 0.25) is 0 Å². The zero-order chi connectivity index (χ0) is 28.5. The van der Waals surface area contributed by atoms with Crippen molar-refractivity contribution in [2.45, 2.75) is 167 Å². The average molecular weight is 540 g/mol. The maximum atomic E-state index is 12.2. The standard InChI is InChI=1S/C33H65NO4/c1-5-6-7-8-9-10-11-12-13-14-15-16-17-18-19-20-21-22-23-24-25-26-27-30(35)28-31(33(37)38)32(36)29-34(2,3)4/h31-32,36H,5-29H2,1-4H3. The van der Waals surface area contributed by atoms with Gasteiger partial charge in [-0.2, -0.15) is 0 Å². The van der Waals surface area contributed by atoms with Gasteiger partial charge in [0.1, 0.15) is 18.4 Å². The summed E-state index contributed by atoms with van der Waals surface area (Å²) in [4.78, 5) is 23.6. The quantitative estimate of drug-likeness (QED) is 0.0795. The molecule has 0 aromatic carbocycles. The minimum absolute atomic E-state index is 0.0761. The molecule has 0 spiro atoms. The van der Waals surface area contributed by atoms with Crippen LogP contribution in [0.5, 0.6) is 0 Å². The number of carbonyl (C=O) groups excluding carboxylic acids is 2. The van der Waals surface area contributed by atoms with E-state index in [1.165, 1.54) is 122 Å². The molecule has 0 aromatic rings. The molecule has 226 valence electrons. The van der Waals surface area contributed by atoms with E-state index in [0.29, 0.717) is 10.9 Å². The Morgan fingerprint density at radius 3 is 1.21 bits per heavy atom. The number of hydrogen-bond donors (Lipinski definition) is 1. The van der Waals surface area contributed by atoms with Gasteiger partial charge in [0, 0.05) is 24.7 Å². The SMILES string of the molecule is CCCCCCCCCCCCCCCCCCCCCCCCC(=O)CC(C(=O)[O-])C(O)C[N+](C)(C)C. The lowest BCUT2D eigenvalue weighted by Crippen LogP contribution is -2.49. The minimum atomic E-state index is -1.33. The van der Waals surface area contributed by atoms with Gasteiger partial charge < -0.3 is 19.5 Å². The summed E-state index contributed by atoms with van der Waals surface area (Å²) in [7, 11) is 5.66. The number of rotatable bonds is 29. The first-order chi connectivity index (χ1) is 18.2. The molecule has 2 atom stereocenters. The summed E-state index contributed by atoms with van der Waals surface area (Å²) >= 11 is 0. The first kappa shape index (κ1) is 37.1. The van der Waals surface area contributed by atoms with Crippen molar-refractivity contribution in [3.8, 4) is 0 Å². The summed E-state index contributed by atoms with van der Waals surface area (Å²) in [6, 6.07) is 0. The van der Waals surface area contributed by atoms with Gasteiger partial charge in [0.25, 0.3) is 0 Å². The van der Waals surface area contributed by atoms with Crippen molar-refractivity contribution in [1.82, 2.24) is 0 Å². The van der Waals surface area contributed by atoms with Crippen molar-refractivity contribution in [2.24, 2.45) is 5.92 Å². The lowest BCUT2D eigenvalue weighted by molar-refractivity contribution is -0.874. The molecule has 5 heteroatoms. The number of carbonyl (C=O) groups is 2. The number of aliphatic hydroxyl groups excluding tert-OH is 1. The Labute approximate surface area is 236 Å². The molecule has 0 saturated carbocycles. The molecule has 38 heavy (non-hydrogen) atoms. The van der Waals surface area contributed by atoms with Crippen LogP contribution in [0.4, 0.5) is 0 Å². The van der Waals surface area contributed by atoms with E-state index in [1.54, 1.807) is 0 Å². The second kappa shape index (κ2) is 25.1. The molecule has 5 nitrogen and oxygen atoms in total. The number of unbranched alkanes of at least 4 members (excludes halogenated alkanes) is 21. The van der Waals surface area contributed by atoms with Crippen molar-refractivity contribution < 1.29 is 24.3 Å². The highest BCUT2D eigenvalue weighted by atomic mass is 16.4. The Kier molecular flexibility index (Phi) is 24.4. The predicted octanol–water partition coefficient (Wildman–Crippen LogP) is 7.37. The fraction of sp³-hybridized carbons (Fsp3) is 0.939. The third kappa shape index (κ3) is 25.3. The molecule has 0 amide bonds. The molecular formula is C33H65NO4. The minimum Gasteiger partial charge on any atom is -0.550 e. The van der Waals surface area contributed by atoms with Crippen molar-refractivity contribution in [3.05, 3.63) is 0 Å². The summed E-state index contributed by atoms with van der Waals surface area (Å²) < 4.78 is 0.443. The summed E-state index contributed by atoms with van der Waals surface area (Å²) in [6.45, 7) is 2.57. The van der Waals surface area contributed by atoms with Crippen molar-refractivity contribution in [3.63, 3.8) is 0 Å². The molecule has 0 bridgehead atoms. The van der Waals surface area contributed by atoms with E-state index in [9.17, 15) is 19.8 Å². The van der Waals surface area contributed by atoms with Crippen LogP contribution in [0.3, 0.4) is 0 Å². The van der Waals surface area contributed by atoms with E-state index in [-0.39, 0.29) is 18.7 Å². The third-order valence-corrected chi connectivity index (χ3v) is 7.76. The average Bonchev–Trinajstić information content (AvgIpc) is 2.84. The molecule has 0 saturated heterocycles. The number of aliphatic hydroxyl groups is 1. The van der Waals surface area contributed by atoms with Gasteiger partial charge >= 0.3 is 0 Å². The maximum Gasteiger partial charge on any atom is 0.133 e. The van der Waals surface area contributed by atoms with Crippen LogP contribution in [0, 0.1) is 5.92 Å². The van der Waals surface area contributed by atoms with Crippen LogP contribution < -0.4 is 5.11 Å². The Morgan fingerprint density at radius 2 is 0.921 bits per heavy atom. The van der Waals surface area contributed by atoms with Crippen molar-refractivity contribution in [1.29, 1.82) is 0 Å². The molecule has 0 aromatic heterocycles. The van der Waals surface area contributed by atoms with Crippen LogP contribution in [0.1, 0.15) is 161 Å². The number of aliphatic carboxylic acids is 1. The summed E-state index contributed by atoms with van der Waals surface area (Å²) in [6.07, 6.45) is 28.6. The molecule has 0 radical (unpaired) electrons. The Bertz CT molecular complexity index is 558. The molecule has 2 unspecified atom stereocenters. The first-order valence-corrected chi connectivity index (χ1v) is 16.4. The summed E-state index contributed by atoms with van der Waals surface area (Å²) in [5, 5.41) is 21.6. The molecule has 0 rings (SSSR count). The second-order valence-corrected chi connectivity index (χ2v) is 12.9. The molecule has 1 N–H and O–H groups in total. The van der Waals surface area contributed by atoms with E-state index >= 15 is 0 Å². The van der Waals surface area contributed by atoms with Gasteiger partial charge in [-0.3, -0.25) is 4.79 Å². The normalized spacial score (nSPS) is 13.5. The van der Waals surface area contributed by atoms with Crippen LogP contribution in [0.15, 0.2) is 0 Å². The number of likely N-dealkylation sites (N-methyl/N-ethyl adjacent to an activating group) is 1. The first-order valence-electron chi connectivity index (χ1n) is 16.4. The highest BCUT2D eigenvalue weighted by molar-refractivity contribution is 5.83. The van der Waals surface area contributed by atoms with Crippen molar-refractivity contribution >= 4 is 11.8 Å². The highest BCUT2D eigenvalue weighted by Gasteiger charge is 2.27. The van der Waals surface area contributed by atoms with Crippen molar-refractivity contribution in [2.75, 3.05) is 27.7 Å². The van der Waals surface area contributed by atoms with Gasteiger partial charge in [0.2, 0.25) is 0 Å². The molecule has 0 fully saturated rings. The lowest BCUT2D eigenvalue weighted by atomic mass is 9.93. The maximum absolute atomic E-state index is 12.2. The Hall–Kier alpha value is -0.940. The van der Waals surface area contributed by atoms with E-state index < -0.39 is 18.0 Å². The van der Waals surface area contributed by atoms with Gasteiger partial charge in [-0.25, -0.2) is 0 Å². The zero-order valence-electron chi connectivity index (χ0n) is 26.0. The number of hydrogen-bond acceptors (Lipinski definition) is 4. The monoisotopic (exact) mass is 539 g/mol. The predicted molar refractivity (Wildman–Crippen MR) is 159 cm³/mol. The van der Waals surface area contributed by atoms with E-state index in [4.69, 9.17) is 0 Å². The van der Waals surface area contributed by atoms with E-state index in [2.05, 4.69) is 6.92 Å². The fourth-order valence-electron chi connectivity index (χ4n) is 5.34. The number of carboxylic acid groups (broad SMARTS) is 1. The number of carboxylic acids is 1. The molecule has 0 aliphatic carbocycles. The zero-order valence-corrected chi connectivity index (χ0v) is 26.0. The largest absolute Gasteiger partial charge is 0.550 e. The molecular weight excluding hydrogens is 474 g/mol. The fourth-order valence-corrected chi connectivity index (χ4v) is 5.34.